The molecule has 0 aliphatic heterocycles. The van der Waals surface area contributed by atoms with Crippen molar-refractivity contribution in [2.45, 2.75) is 78.2 Å². The average Bonchev–Trinajstić information content (AvgIpc) is 2.88. The van der Waals surface area contributed by atoms with E-state index in [-0.39, 0.29) is 5.41 Å². The molecule has 0 bridgehead atoms. The minimum atomic E-state index is 0.0146. The number of rotatable bonds is 2. The predicted octanol–water partition coefficient (Wildman–Crippen LogP) is 4.74. The van der Waals surface area contributed by atoms with Crippen molar-refractivity contribution in [1.29, 1.82) is 0 Å². The second-order valence-electron chi connectivity index (χ2n) is 9.76. The first-order valence-corrected chi connectivity index (χ1v) is 10.3. The van der Waals surface area contributed by atoms with Crippen LogP contribution in [0.5, 0.6) is 0 Å². The zero-order valence-electron chi connectivity index (χ0n) is 16.0. The summed E-state index contributed by atoms with van der Waals surface area (Å²) in [6.07, 6.45) is 12.3. The van der Waals surface area contributed by atoms with Crippen molar-refractivity contribution < 1.29 is 4.79 Å². The molecule has 0 aromatic carbocycles. The van der Waals surface area contributed by atoms with Gasteiger partial charge in [-0.2, -0.15) is 0 Å². The van der Waals surface area contributed by atoms with Crippen molar-refractivity contribution in [3.8, 4) is 0 Å². The zero-order valence-corrected chi connectivity index (χ0v) is 16.0. The lowest BCUT2D eigenvalue weighted by Crippen LogP contribution is -2.50. The Morgan fingerprint density at radius 3 is 2.58 bits per heavy atom. The Morgan fingerprint density at radius 2 is 1.83 bits per heavy atom. The molecule has 2 nitrogen and oxygen atoms in total. The van der Waals surface area contributed by atoms with E-state index in [0.29, 0.717) is 23.2 Å². The normalized spacial score (nSPS) is 49.0. The molecule has 2 heteroatoms. The summed E-state index contributed by atoms with van der Waals surface area (Å²) in [4.78, 5) is 12.5. The average molecular weight is 330 g/mol. The largest absolute Gasteiger partial charge is 0.317 e. The highest BCUT2D eigenvalue weighted by atomic mass is 16.1. The molecule has 134 valence electrons. The molecule has 0 heterocycles. The lowest BCUT2D eigenvalue weighted by atomic mass is 9.47. The molecule has 0 spiro atoms. The van der Waals surface area contributed by atoms with Gasteiger partial charge in [0.2, 0.25) is 0 Å². The molecule has 1 N–H and O–H groups in total. The number of ketones is 1. The van der Waals surface area contributed by atoms with Gasteiger partial charge in [-0.1, -0.05) is 25.5 Å². The SMILES string of the molecule is CNC(C)C1CCC2(C)C(=CCC3C4CCC(=O)C4(C)CCC32)C1. The number of allylic oxidation sites excluding steroid dienone is 2. The Labute approximate surface area is 147 Å². The van der Waals surface area contributed by atoms with Crippen LogP contribution in [0.2, 0.25) is 0 Å². The molecular formula is C22H35NO. The molecule has 7 atom stereocenters. The van der Waals surface area contributed by atoms with Crippen LogP contribution in [-0.2, 0) is 4.79 Å². The number of carbonyl (C=O) groups excluding carboxylic acids is 1. The fourth-order valence-electron chi connectivity index (χ4n) is 7.12. The maximum atomic E-state index is 12.5. The third-order valence-electron chi connectivity index (χ3n) is 9.01. The summed E-state index contributed by atoms with van der Waals surface area (Å²) in [5, 5.41) is 3.47. The first kappa shape index (κ1) is 16.8. The number of Topliss-reactive ketones (excluding diaryl/α,β-unsaturated/α-hetero) is 1. The van der Waals surface area contributed by atoms with E-state index >= 15 is 0 Å². The van der Waals surface area contributed by atoms with E-state index in [1.165, 1.54) is 32.1 Å². The molecule has 3 fully saturated rings. The van der Waals surface area contributed by atoms with E-state index in [9.17, 15) is 4.79 Å². The van der Waals surface area contributed by atoms with Crippen molar-refractivity contribution in [2.24, 2.45) is 34.5 Å². The van der Waals surface area contributed by atoms with Gasteiger partial charge in [-0.25, -0.2) is 0 Å². The van der Waals surface area contributed by atoms with Gasteiger partial charge in [-0.05, 0) is 88.0 Å². The summed E-state index contributed by atoms with van der Waals surface area (Å²) < 4.78 is 0. The maximum absolute atomic E-state index is 12.5. The van der Waals surface area contributed by atoms with Gasteiger partial charge in [0.1, 0.15) is 5.78 Å². The fraction of sp³-hybridized carbons (Fsp3) is 0.864. The molecule has 7 unspecified atom stereocenters. The number of nitrogens with one attached hydrogen (secondary N) is 1. The molecule has 0 aromatic heterocycles. The summed E-state index contributed by atoms with van der Waals surface area (Å²) in [6, 6.07) is 0.621. The number of fused-ring (bicyclic) bond motifs is 5. The lowest BCUT2D eigenvalue weighted by molar-refractivity contribution is -0.131. The Balaban J connectivity index is 1.61. The summed E-state index contributed by atoms with van der Waals surface area (Å²) in [7, 11) is 2.10. The Morgan fingerprint density at radius 1 is 1.12 bits per heavy atom. The molecule has 4 rings (SSSR count). The summed E-state index contributed by atoms with van der Waals surface area (Å²) in [6.45, 7) is 7.20. The van der Waals surface area contributed by atoms with E-state index in [1.54, 1.807) is 5.57 Å². The van der Waals surface area contributed by atoms with Gasteiger partial charge >= 0.3 is 0 Å². The van der Waals surface area contributed by atoms with Crippen LogP contribution in [0.1, 0.15) is 72.1 Å². The van der Waals surface area contributed by atoms with Crippen molar-refractivity contribution in [1.82, 2.24) is 5.32 Å². The van der Waals surface area contributed by atoms with Gasteiger partial charge < -0.3 is 5.32 Å². The van der Waals surface area contributed by atoms with Crippen LogP contribution in [0, 0.1) is 34.5 Å². The monoisotopic (exact) mass is 329 g/mol. The molecule has 4 aliphatic rings. The van der Waals surface area contributed by atoms with Crippen LogP contribution < -0.4 is 5.32 Å². The number of hydrogen-bond donors (Lipinski definition) is 1. The predicted molar refractivity (Wildman–Crippen MR) is 98.7 cm³/mol. The smallest absolute Gasteiger partial charge is 0.139 e. The van der Waals surface area contributed by atoms with Crippen molar-refractivity contribution >= 4 is 5.78 Å². The minimum Gasteiger partial charge on any atom is -0.317 e. The first-order chi connectivity index (χ1) is 11.4. The van der Waals surface area contributed by atoms with E-state index in [0.717, 1.165) is 37.0 Å². The van der Waals surface area contributed by atoms with Crippen molar-refractivity contribution in [3.63, 3.8) is 0 Å². The summed E-state index contributed by atoms with van der Waals surface area (Å²) in [5.74, 6) is 3.62. The van der Waals surface area contributed by atoms with Gasteiger partial charge in [0.25, 0.3) is 0 Å². The van der Waals surface area contributed by atoms with Crippen LogP contribution >= 0.6 is 0 Å². The Kier molecular flexibility index (Phi) is 3.99. The molecular weight excluding hydrogens is 294 g/mol. The zero-order chi connectivity index (χ0) is 17.1. The topological polar surface area (TPSA) is 29.1 Å². The number of carbonyl (C=O) groups is 1. The standard InChI is InChI=1S/C22H35NO/c1-14(23-4)15-9-11-21(2)16(13-15)5-6-17-18-7-8-20(24)22(18,3)12-10-19(17)21/h5,14-15,17-19,23H,6-13H2,1-4H3. The van der Waals surface area contributed by atoms with Gasteiger partial charge in [0.15, 0.2) is 0 Å². The quantitative estimate of drug-likeness (QED) is 0.741. The highest BCUT2D eigenvalue weighted by Gasteiger charge is 2.58. The van der Waals surface area contributed by atoms with E-state index in [4.69, 9.17) is 0 Å². The van der Waals surface area contributed by atoms with Crippen LogP contribution in [0.15, 0.2) is 11.6 Å². The van der Waals surface area contributed by atoms with Gasteiger partial charge in [-0.15, -0.1) is 0 Å². The van der Waals surface area contributed by atoms with Crippen molar-refractivity contribution in [3.05, 3.63) is 11.6 Å². The third kappa shape index (κ3) is 2.21. The molecule has 3 saturated carbocycles. The van der Waals surface area contributed by atoms with E-state index < -0.39 is 0 Å². The van der Waals surface area contributed by atoms with Gasteiger partial charge in [0.05, 0.1) is 0 Å². The van der Waals surface area contributed by atoms with Gasteiger partial charge in [0, 0.05) is 17.9 Å². The first-order valence-electron chi connectivity index (χ1n) is 10.3. The fourth-order valence-corrected chi connectivity index (χ4v) is 7.12. The summed E-state index contributed by atoms with van der Waals surface area (Å²) >= 11 is 0. The second kappa shape index (κ2) is 5.69. The highest BCUT2D eigenvalue weighted by Crippen LogP contribution is 2.64. The molecule has 0 saturated heterocycles. The Hall–Kier alpha value is -0.630. The van der Waals surface area contributed by atoms with Crippen LogP contribution in [-0.4, -0.2) is 18.9 Å². The molecule has 24 heavy (non-hydrogen) atoms. The maximum Gasteiger partial charge on any atom is 0.139 e. The Bertz CT molecular complexity index is 566. The number of hydrogen-bond acceptors (Lipinski definition) is 2. The van der Waals surface area contributed by atoms with E-state index in [2.05, 4.69) is 39.2 Å². The lowest BCUT2D eigenvalue weighted by Gasteiger charge is -2.57. The molecule has 4 aliphatic carbocycles. The highest BCUT2D eigenvalue weighted by molar-refractivity contribution is 5.87. The minimum absolute atomic E-state index is 0.0146. The molecule has 0 amide bonds. The molecule has 0 radical (unpaired) electrons. The second-order valence-corrected chi connectivity index (χ2v) is 9.76. The van der Waals surface area contributed by atoms with Crippen LogP contribution in [0.3, 0.4) is 0 Å². The van der Waals surface area contributed by atoms with Crippen LogP contribution in [0.4, 0.5) is 0 Å². The third-order valence-corrected chi connectivity index (χ3v) is 9.01. The van der Waals surface area contributed by atoms with Crippen LogP contribution in [0.25, 0.3) is 0 Å². The molecule has 0 aromatic rings. The van der Waals surface area contributed by atoms with Gasteiger partial charge in [-0.3, -0.25) is 4.79 Å². The van der Waals surface area contributed by atoms with Crippen molar-refractivity contribution in [2.75, 3.05) is 7.05 Å². The van der Waals surface area contributed by atoms with E-state index in [1.807, 2.05) is 0 Å². The summed E-state index contributed by atoms with van der Waals surface area (Å²) in [5.41, 5.74) is 2.19.